The van der Waals surface area contributed by atoms with Crippen LogP contribution in [0.5, 0.6) is 17.2 Å². The van der Waals surface area contributed by atoms with Crippen molar-refractivity contribution in [3.8, 4) is 17.2 Å². The summed E-state index contributed by atoms with van der Waals surface area (Å²) in [5, 5.41) is 5.21. The SMILES string of the molecule is COc1cc(OC)c(OC)cc1CNC(=O)COC(=O)c1cccc(NC(=O)OC(C)(C)C)c1. The third-order valence-electron chi connectivity index (χ3n) is 4.34. The van der Waals surface area contributed by atoms with Gasteiger partial charge in [-0.3, -0.25) is 10.1 Å². The monoisotopic (exact) mass is 474 g/mol. The van der Waals surface area contributed by atoms with Crippen LogP contribution in [0, 0.1) is 0 Å². The molecular formula is C24H30N2O8. The Morgan fingerprint density at radius 2 is 1.53 bits per heavy atom. The van der Waals surface area contributed by atoms with E-state index in [4.69, 9.17) is 23.7 Å². The summed E-state index contributed by atoms with van der Waals surface area (Å²) in [6, 6.07) is 9.45. The van der Waals surface area contributed by atoms with E-state index < -0.39 is 30.2 Å². The second kappa shape index (κ2) is 11.8. The Bertz CT molecular complexity index is 1030. The standard InChI is InChI=1S/C24H30N2O8/c1-24(2,3)34-23(29)26-17-9-7-8-15(10-17)22(28)33-14-21(27)25-13-16-11-19(31-5)20(32-6)12-18(16)30-4/h7-12H,13-14H2,1-6H3,(H,25,27)(H,26,29). The third kappa shape index (κ3) is 7.88. The summed E-state index contributed by atoms with van der Waals surface area (Å²) >= 11 is 0. The fraction of sp³-hybridized carbons (Fsp3) is 0.375. The highest BCUT2D eigenvalue weighted by atomic mass is 16.6. The van der Waals surface area contributed by atoms with Crippen molar-refractivity contribution in [2.45, 2.75) is 32.9 Å². The number of carbonyl (C=O) groups excluding carboxylic acids is 3. The van der Waals surface area contributed by atoms with E-state index in [0.717, 1.165) is 0 Å². The number of esters is 1. The largest absolute Gasteiger partial charge is 0.496 e. The van der Waals surface area contributed by atoms with E-state index in [-0.39, 0.29) is 12.1 Å². The van der Waals surface area contributed by atoms with Crippen molar-refractivity contribution in [3.05, 3.63) is 47.5 Å². The van der Waals surface area contributed by atoms with E-state index in [2.05, 4.69) is 10.6 Å². The third-order valence-corrected chi connectivity index (χ3v) is 4.34. The van der Waals surface area contributed by atoms with Gasteiger partial charge in [0.2, 0.25) is 0 Å². The number of carbonyl (C=O) groups is 3. The summed E-state index contributed by atoms with van der Waals surface area (Å²) in [5.74, 6) is 0.259. The van der Waals surface area contributed by atoms with Gasteiger partial charge in [0.15, 0.2) is 18.1 Å². The first-order valence-electron chi connectivity index (χ1n) is 10.4. The maximum Gasteiger partial charge on any atom is 0.412 e. The maximum absolute atomic E-state index is 12.3. The van der Waals surface area contributed by atoms with Gasteiger partial charge in [-0.05, 0) is 45.0 Å². The van der Waals surface area contributed by atoms with Gasteiger partial charge in [-0.15, -0.1) is 0 Å². The van der Waals surface area contributed by atoms with Crippen molar-refractivity contribution in [1.82, 2.24) is 5.32 Å². The molecule has 0 unspecified atom stereocenters. The summed E-state index contributed by atoms with van der Waals surface area (Å²) in [7, 11) is 4.51. The van der Waals surface area contributed by atoms with E-state index in [9.17, 15) is 14.4 Å². The van der Waals surface area contributed by atoms with Crippen LogP contribution in [0.1, 0.15) is 36.7 Å². The molecule has 10 nitrogen and oxygen atoms in total. The quantitative estimate of drug-likeness (QED) is 0.530. The highest BCUT2D eigenvalue weighted by Crippen LogP contribution is 2.34. The minimum atomic E-state index is -0.716. The van der Waals surface area contributed by atoms with Crippen LogP contribution in [0.25, 0.3) is 0 Å². The van der Waals surface area contributed by atoms with Gasteiger partial charge >= 0.3 is 12.1 Å². The molecule has 0 aliphatic rings. The maximum atomic E-state index is 12.3. The Morgan fingerprint density at radius 3 is 2.15 bits per heavy atom. The first-order chi connectivity index (χ1) is 16.1. The Kier molecular flexibility index (Phi) is 9.11. The summed E-state index contributed by atoms with van der Waals surface area (Å²) < 4.78 is 26.1. The number of nitrogens with one attached hydrogen (secondary N) is 2. The van der Waals surface area contributed by atoms with E-state index in [1.807, 2.05) is 0 Å². The number of ether oxygens (including phenoxy) is 5. The van der Waals surface area contributed by atoms with Gasteiger partial charge in [0.1, 0.15) is 11.4 Å². The normalized spacial score (nSPS) is 10.6. The van der Waals surface area contributed by atoms with Gasteiger partial charge in [-0.25, -0.2) is 9.59 Å². The van der Waals surface area contributed by atoms with E-state index in [1.54, 1.807) is 45.0 Å². The van der Waals surface area contributed by atoms with Crippen LogP contribution in [0.3, 0.4) is 0 Å². The second-order valence-corrected chi connectivity index (χ2v) is 8.08. The molecule has 0 radical (unpaired) electrons. The van der Waals surface area contributed by atoms with Crippen LogP contribution in [0.2, 0.25) is 0 Å². The van der Waals surface area contributed by atoms with Crippen LogP contribution >= 0.6 is 0 Å². The first kappa shape index (κ1) is 26.3. The number of rotatable bonds is 9. The van der Waals surface area contributed by atoms with Crippen LogP contribution in [-0.2, 0) is 20.8 Å². The minimum Gasteiger partial charge on any atom is -0.496 e. The van der Waals surface area contributed by atoms with E-state index in [1.165, 1.54) is 33.5 Å². The molecule has 0 saturated heterocycles. The number of anilines is 1. The molecule has 0 aromatic heterocycles. The zero-order valence-corrected chi connectivity index (χ0v) is 20.1. The number of amides is 2. The van der Waals surface area contributed by atoms with E-state index in [0.29, 0.717) is 28.5 Å². The molecule has 0 heterocycles. The Morgan fingerprint density at radius 1 is 0.882 bits per heavy atom. The van der Waals surface area contributed by atoms with Crippen molar-refractivity contribution >= 4 is 23.7 Å². The molecular weight excluding hydrogens is 444 g/mol. The lowest BCUT2D eigenvalue weighted by Crippen LogP contribution is -2.28. The topological polar surface area (TPSA) is 121 Å². The molecule has 2 amide bonds. The summed E-state index contributed by atoms with van der Waals surface area (Å²) in [4.78, 5) is 36.5. The van der Waals surface area contributed by atoms with Gasteiger partial charge in [0, 0.05) is 23.9 Å². The second-order valence-electron chi connectivity index (χ2n) is 8.08. The van der Waals surface area contributed by atoms with Gasteiger partial charge in [-0.2, -0.15) is 0 Å². The summed E-state index contributed by atoms with van der Waals surface area (Å²) in [6.45, 7) is 4.86. The van der Waals surface area contributed by atoms with Gasteiger partial charge in [-0.1, -0.05) is 6.07 Å². The van der Waals surface area contributed by atoms with Crippen molar-refractivity contribution in [3.63, 3.8) is 0 Å². The molecule has 0 aliphatic heterocycles. The van der Waals surface area contributed by atoms with Crippen molar-refractivity contribution in [2.24, 2.45) is 0 Å². The van der Waals surface area contributed by atoms with E-state index >= 15 is 0 Å². The molecule has 2 aromatic rings. The number of hydrogen-bond donors (Lipinski definition) is 2. The average Bonchev–Trinajstić information content (AvgIpc) is 2.79. The lowest BCUT2D eigenvalue weighted by atomic mass is 10.1. The molecule has 0 spiro atoms. The number of benzene rings is 2. The molecule has 2 aromatic carbocycles. The molecule has 10 heteroatoms. The van der Waals surface area contributed by atoms with Gasteiger partial charge in [0.05, 0.1) is 26.9 Å². The highest BCUT2D eigenvalue weighted by Gasteiger charge is 2.17. The zero-order chi connectivity index (χ0) is 25.3. The molecule has 0 fully saturated rings. The minimum absolute atomic E-state index is 0.120. The average molecular weight is 475 g/mol. The van der Waals surface area contributed by atoms with Crippen LogP contribution in [-0.4, -0.2) is 51.5 Å². The molecule has 0 bridgehead atoms. The van der Waals surface area contributed by atoms with Crippen LogP contribution in [0.4, 0.5) is 10.5 Å². The molecule has 2 rings (SSSR count). The molecule has 34 heavy (non-hydrogen) atoms. The fourth-order valence-corrected chi connectivity index (χ4v) is 2.84. The molecule has 0 saturated carbocycles. The predicted octanol–water partition coefficient (Wildman–Crippen LogP) is 3.53. The van der Waals surface area contributed by atoms with Crippen LogP contribution < -0.4 is 24.8 Å². The Hall–Kier alpha value is -3.95. The molecule has 2 N–H and O–H groups in total. The Labute approximate surface area is 198 Å². The number of hydrogen-bond acceptors (Lipinski definition) is 8. The smallest absolute Gasteiger partial charge is 0.412 e. The highest BCUT2D eigenvalue weighted by molar-refractivity contribution is 5.93. The van der Waals surface area contributed by atoms with Gasteiger partial charge < -0.3 is 29.0 Å². The van der Waals surface area contributed by atoms with Crippen molar-refractivity contribution in [2.75, 3.05) is 33.3 Å². The summed E-state index contributed by atoms with van der Waals surface area (Å²) in [5.41, 5.74) is 0.520. The lowest BCUT2D eigenvalue weighted by molar-refractivity contribution is -0.124. The Balaban J connectivity index is 1.92. The van der Waals surface area contributed by atoms with Gasteiger partial charge in [0.25, 0.3) is 5.91 Å². The molecule has 0 atom stereocenters. The van der Waals surface area contributed by atoms with Crippen molar-refractivity contribution < 1.29 is 38.1 Å². The fourth-order valence-electron chi connectivity index (χ4n) is 2.84. The lowest BCUT2D eigenvalue weighted by Gasteiger charge is -2.19. The van der Waals surface area contributed by atoms with Crippen molar-refractivity contribution in [1.29, 1.82) is 0 Å². The zero-order valence-electron chi connectivity index (χ0n) is 20.1. The number of methoxy groups -OCH3 is 3. The summed E-state index contributed by atoms with van der Waals surface area (Å²) in [6.07, 6.45) is -0.650. The predicted molar refractivity (Wildman–Crippen MR) is 125 cm³/mol. The molecule has 184 valence electrons. The first-order valence-corrected chi connectivity index (χ1v) is 10.4. The van der Waals surface area contributed by atoms with Crippen LogP contribution in [0.15, 0.2) is 36.4 Å². The molecule has 0 aliphatic carbocycles.